The molecule has 4 nitrogen and oxygen atoms in total. The largest absolute Gasteiger partial charge is 0.480 e. The third-order valence-electron chi connectivity index (χ3n) is 2.71. The molecule has 1 N–H and O–H groups in total. The molecule has 0 bridgehead atoms. The first kappa shape index (κ1) is 11.4. The predicted molar refractivity (Wildman–Crippen MR) is 67.4 cm³/mol. The van der Waals surface area contributed by atoms with Crippen LogP contribution in [0.15, 0.2) is 30.5 Å². The second-order valence-corrected chi connectivity index (χ2v) is 4.06. The van der Waals surface area contributed by atoms with Gasteiger partial charge in [0.15, 0.2) is 0 Å². The van der Waals surface area contributed by atoms with Gasteiger partial charge in [-0.05, 0) is 17.9 Å². The Labute approximate surface area is 99.5 Å². The Morgan fingerprint density at radius 1 is 1.35 bits per heavy atom. The number of carbonyl (C=O) groups is 1. The van der Waals surface area contributed by atoms with E-state index in [0.717, 1.165) is 16.3 Å². The number of aliphatic carboxylic acids is 1. The molecule has 0 saturated carbocycles. The lowest BCUT2D eigenvalue weighted by Gasteiger charge is -2.18. The highest BCUT2D eigenvalue weighted by molar-refractivity contribution is 5.94. The van der Waals surface area contributed by atoms with Crippen molar-refractivity contribution in [3.05, 3.63) is 36.0 Å². The Morgan fingerprint density at radius 2 is 2.00 bits per heavy atom. The van der Waals surface area contributed by atoms with Crippen molar-refractivity contribution >= 4 is 22.6 Å². The number of anilines is 1. The van der Waals surface area contributed by atoms with Gasteiger partial charge in [0.25, 0.3) is 0 Å². The molecule has 0 unspecified atom stereocenters. The van der Waals surface area contributed by atoms with Crippen LogP contribution in [-0.4, -0.2) is 29.7 Å². The van der Waals surface area contributed by atoms with Crippen molar-refractivity contribution in [2.45, 2.75) is 6.92 Å². The molecule has 1 aromatic heterocycles. The van der Waals surface area contributed by atoms with Gasteiger partial charge in [0.2, 0.25) is 0 Å². The predicted octanol–water partition coefficient (Wildman–Crippen LogP) is 2.06. The number of carboxylic acids is 1. The zero-order valence-electron chi connectivity index (χ0n) is 9.84. The van der Waals surface area contributed by atoms with Crippen molar-refractivity contribution in [2.24, 2.45) is 0 Å². The average molecular weight is 230 g/mol. The van der Waals surface area contributed by atoms with Crippen LogP contribution in [0, 0.1) is 6.92 Å². The molecule has 0 spiro atoms. The first-order chi connectivity index (χ1) is 8.09. The van der Waals surface area contributed by atoms with Gasteiger partial charge in [0.1, 0.15) is 12.4 Å². The minimum atomic E-state index is -0.862. The van der Waals surface area contributed by atoms with E-state index in [2.05, 4.69) is 4.98 Å². The average Bonchev–Trinajstić information content (AvgIpc) is 2.29. The van der Waals surface area contributed by atoms with Crippen LogP contribution in [0.1, 0.15) is 5.56 Å². The minimum absolute atomic E-state index is 0.0555. The van der Waals surface area contributed by atoms with Crippen LogP contribution in [0.5, 0.6) is 0 Å². The molecule has 88 valence electrons. The topological polar surface area (TPSA) is 53.4 Å². The standard InChI is InChI=1S/C13H14N2O2/c1-9-7-14-13(15(2)8-12(16)17)11-6-4-3-5-10(9)11/h3-7H,8H2,1-2H3,(H,16,17). The highest BCUT2D eigenvalue weighted by Gasteiger charge is 2.11. The summed E-state index contributed by atoms with van der Waals surface area (Å²) in [5, 5.41) is 10.9. The molecular weight excluding hydrogens is 216 g/mol. The first-order valence-corrected chi connectivity index (χ1v) is 5.37. The van der Waals surface area contributed by atoms with E-state index in [-0.39, 0.29) is 6.54 Å². The molecule has 1 aromatic carbocycles. The molecule has 0 aliphatic rings. The van der Waals surface area contributed by atoms with E-state index in [1.165, 1.54) is 0 Å². The zero-order valence-corrected chi connectivity index (χ0v) is 9.84. The number of benzene rings is 1. The fourth-order valence-electron chi connectivity index (χ4n) is 1.90. The third-order valence-corrected chi connectivity index (χ3v) is 2.71. The van der Waals surface area contributed by atoms with Gasteiger partial charge in [-0.1, -0.05) is 24.3 Å². The maximum absolute atomic E-state index is 10.7. The molecule has 0 atom stereocenters. The molecule has 0 fully saturated rings. The van der Waals surface area contributed by atoms with Gasteiger partial charge in [-0.15, -0.1) is 0 Å². The Balaban J connectivity index is 2.55. The van der Waals surface area contributed by atoms with E-state index in [1.54, 1.807) is 18.1 Å². The highest BCUT2D eigenvalue weighted by Crippen LogP contribution is 2.25. The number of aromatic nitrogens is 1. The Morgan fingerprint density at radius 3 is 2.65 bits per heavy atom. The monoisotopic (exact) mass is 230 g/mol. The number of hydrogen-bond donors (Lipinski definition) is 1. The van der Waals surface area contributed by atoms with Crippen LogP contribution < -0.4 is 4.90 Å². The van der Waals surface area contributed by atoms with Crippen molar-refractivity contribution in [3.8, 4) is 0 Å². The molecule has 2 rings (SSSR count). The van der Waals surface area contributed by atoms with Crippen LogP contribution >= 0.6 is 0 Å². The third kappa shape index (κ3) is 2.20. The van der Waals surface area contributed by atoms with Crippen LogP contribution in [0.25, 0.3) is 10.8 Å². The summed E-state index contributed by atoms with van der Waals surface area (Å²) >= 11 is 0. The lowest BCUT2D eigenvalue weighted by atomic mass is 10.1. The lowest BCUT2D eigenvalue weighted by Crippen LogP contribution is -2.26. The summed E-state index contributed by atoms with van der Waals surface area (Å²) in [4.78, 5) is 16.7. The summed E-state index contributed by atoms with van der Waals surface area (Å²) in [6.45, 7) is 1.94. The number of hydrogen-bond acceptors (Lipinski definition) is 3. The number of pyridine rings is 1. The normalized spacial score (nSPS) is 10.5. The number of rotatable bonds is 3. The van der Waals surface area contributed by atoms with Gasteiger partial charge in [0.05, 0.1) is 0 Å². The quantitative estimate of drug-likeness (QED) is 0.877. The Bertz CT molecular complexity index is 566. The molecule has 2 aromatic rings. The second kappa shape index (κ2) is 4.41. The van der Waals surface area contributed by atoms with E-state index >= 15 is 0 Å². The molecule has 4 heteroatoms. The number of carboxylic acid groups (broad SMARTS) is 1. The van der Waals surface area contributed by atoms with Gasteiger partial charge < -0.3 is 10.0 Å². The highest BCUT2D eigenvalue weighted by atomic mass is 16.4. The van der Waals surface area contributed by atoms with Gasteiger partial charge in [-0.2, -0.15) is 0 Å². The summed E-state index contributed by atoms with van der Waals surface area (Å²) in [5.74, 6) is -0.160. The number of likely N-dealkylation sites (N-methyl/N-ethyl adjacent to an activating group) is 1. The number of nitrogens with zero attached hydrogens (tertiary/aromatic N) is 2. The van der Waals surface area contributed by atoms with E-state index in [4.69, 9.17) is 5.11 Å². The minimum Gasteiger partial charge on any atom is -0.480 e. The fourth-order valence-corrected chi connectivity index (χ4v) is 1.90. The second-order valence-electron chi connectivity index (χ2n) is 4.06. The molecule has 0 aliphatic heterocycles. The van der Waals surface area contributed by atoms with E-state index in [0.29, 0.717) is 5.82 Å². The summed E-state index contributed by atoms with van der Waals surface area (Å²) in [6, 6.07) is 7.88. The SMILES string of the molecule is Cc1cnc(N(C)CC(=O)O)c2ccccc12. The summed E-state index contributed by atoms with van der Waals surface area (Å²) in [5.41, 5.74) is 1.09. The first-order valence-electron chi connectivity index (χ1n) is 5.37. The molecule has 17 heavy (non-hydrogen) atoms. The van der Waals surface area contributed by atoms with Crippen molar-refractivity contribution in [3.63, 3.8) is 0 Å². The maximum atomic E-state index is 10.7. The van der Waals surface area contributed by atoms with Gasteiger partial charge >= 0.3 is 5.97 Å². The lowest BCUT2D eigenvalue weighted by molar-refractivity contribution is -0.135. The number of aryl methyl sites for hydroxylation is 1. The Kier molecular flexibility index (Phi) is 2.95. The maximum Gasteiger partial charge on any atom is 0.323 e. The molecular formula is C13H14N2O2. The van der Waals surface area contributed by atoms with Gasteiger partial charge in [-0.25, -0.2) is 4.98 Å². The van der Waals surface area contributed by atoms with Gasteiger partial charge in [0, 0.05) is 18.6 Å². The van der Waals surface area contributed by atoms with E-state index in [1.807, 2.05) is 31.2 Å². The smallest absolute Gasteiger partial charge is 0.323 e. The van der Waals surface area contributed by atoms with Crippen molar-refractivity contribution in [1.82, 2.24) is 4.98 Å². The van der Waals surface area contributed by atoms with Crippen molar-refractivity contribution in [1.29, 1.82) is 0 Å². The molecule has 0 saturated heterocycles. The van der Waals surface area contributed by atoms with E-state index in [9.17, 15) is 4.79 Å². The summed E-state index contributed by atoms with van der Waals surface area (Å²) < 4.78 is 0. The summed E-state index contributed by atoms with van der Waals surface area (Å²) in [6.07, 6.45) is 1.77. The van der Waals surface area contributed by atoms with Crippen LogP contribution in [0.3, 0.4) is 0 Å². The Hall–Kier alpha value is -2.10. The molecule has 1 heterocycles. The zero-order chi connectivity index (χ0) is 12.4. The van der Waals surface area contributed by atoms with Crippen molar-refractivity contribution < 1.29 is 9.90 Å². The van der Waals surface area contributed by atoms with Crippen LogP contribution in [0.4, 0.5) is 5.82 Å². The van der Waals surface area contributed by atoms with Crippen LogP contribution in [0.2, 0.25) is 0 Å². The van der Waals surface area contributed by atoms with E-state index < -0.39 is 5.97 Å². The molecule has 0 amide bonds. The van der Waals surface area contributed by atoms with Crippen molar-refractivity contribution in [2.75, 3.05) is 18.5 Å². The molecule has 0 aliphatic carbocycles. The molecule has 0 radical (unpaired) electrons. The fraction of sp³-hybridized carbons (Fsp3) is 0.231. The van der Waals surface area contributed by atoms with Crippen LogP contribution in [-0.2, 0) is 4.79 Å². The number of fused-ring (bicyclic) bond motifs is 1. The summed E-state index contributed by atoms with van der Waals surface area (Å²) in [7, 11) is 1.73. The van der Waals surface area contributed by atoms with Gasteiger partial charge in [-0.3, -0.25) is 4.79 Å².